The van der Waals surface area contributed by atoms with Gasteiger partial charge in [-0.05, 0) is 31.5 Å². The van der Waals surface area contributed by atoms with Crippen molar-refractivity contribution in [3.63, 3.8) is 0 Å². The monoisotopic (exact) mass is 243 g/mol. The third kappa shape index (κ3) is 2.71. The highest BCUT2D eigenvalue weighted by Gasteiger charge is 2.33. The molecule has 2 rings (SSSR count). The van der Waals surface area contributed by atoms with Gasteiger partial charge in [0, 0.05) is 5.30 Å². The van der Waals surface area contributed by atoms with Crippen molar-refractivity contribution in [2.45, 2.75) is 25.0 Å². The molecular weight excluding hydrogens is 225 g/mol. The summed E-state index contributed by atoms with van der Waals surface area (Å²) >= 11 is 0. The molecule has 1 aliphatic heterocycles. The Hall–Kier alpha value is -0.670. The molecule has 0 aromatic heterocycles. The van der Waals surface area contributed by atoms with Crippen LogP contribution in [-0.2, 0) is 4.57 Å². The predicted octanol–water partition coefficient (Wildman–Crippen LogP) is 0.857. The van der Waals surface area contributed by atoms with Gasteiger partial charge in [0.1, 0.15) is 0 Å². The number of hydrogen-bond donors (Lipinski definition) is 2. The Kier molecular flexibility index (Phi) is 4.69. The number of hydrogen-bond acceptors (Lipinski definition) is 2. The second-order valence-corrected chi connectivity index (χ2v) is 6.31. The van der Waals surface area contributed by atoms with Crippen molar-refractivity contribution in [3.8, 4) is 0 Å². The molecule has 0 radical (unpaired) electrons. The maximum atomic E-state index is 12.3. The fourth-order valence-corrected chi connectivity index (χ4v) is 3.82. The van der Waals surface area contributed by atoms with Crippen molar-refractivity contribution in [1.29, 1.82) is 0 Å². The lowest BCUT2D eigenvalue weighted by Crippen LogP contribution is -2.36. The zero-order valence-electron chi connectivity index (χ0n) is 9.10. The summed E-state index contributed by atoms with van der Waals surface area (Å²) in [6.07, 6.45) is 2.93. The van der Waals surface area contributed by atoms with E-state index in [4.69, 9.17) is 0 Å². The predicted molar refractivity (Wildman–Crippen MR) is 65.2 cm³/mol. The van der Waals surface area contributed by atoms with E-state index in [1.165, 1.54) is 0 Å². The molecule has 0 bridgehead atoms. The van der Waals surface area contributed by atoms with E-state index in [9.17, 15) is 9.46 Å². The fourth-order valence-electron chi connectivity index (χ4n) is 1.95. The smallest absolute Gasteiger partial charge is 0.245 e. The van der Waals surface area contributed by atoms with E-state index in [2.05, 4.69) is 5.32 Å². The standard InChI is InChI=1S/C11H16NO2P.H2O/c13-15(14,10-6-2-1-3-7-10)11-8-4-5-9-12-11;/h1-3,6-7,11-12H,4-5,8-9H2,(H,13,14);1H2. The summed E-state index contributed by atoms with van der Waals surface area (Å²) in [7, 11) is -3.23. The molecule has 1 aromatic rings. The molecule has 1 saturated heterocycles. The molecule has 1 heterocycles. The molecule has 0 aliphatic carbocycles. The molecule has 0 amide bonds. The molecule has 2 atom stereocenters. The lowest BCUT2D eigenvalue weighted by molar-refractivity contribution is 0.415. The molecule has 0 spiro atoms. The zero-order chi connectivity index (χ0) is 10.7. The van der Waals surface area contributed by atoms with E-state index in [0.29, 0.717) is 5.30 Å². The molecule has 1 aromatic carbocycles. The van der Waals surface area contributed by atoms with Gasteiger partial charge in [0.05, 0.1) is 5.78 Å². The topological polar surface area (TPSA) is 80.8 Å². The van der Waals surface area contributed by atoms with Crippen LogP contribution in [0, 0.1) is 0 Å². The second kappa shape index (κ2) is 5.60. The third-order valence-electron chi connectivity index (χ3n) is 2.83. The number of rotatable bonds is 2. The fraction of sp³-hybridized carbons (Fsp3) is 0.455. The van der Waals surface area contributed by atoms with Gasteiger partial charge in [0.2, 0.25) is 7.37 Å². The minimum absolute atomic E-state index is 0. The maximum absolute atomic E-state index is 12.3. The normalized spacial score (nSPS) is 24.2. The minimum atomic E-state index is -3.23. The summed E-state index contributed by atoms with van der Waals surface area (Å²) in [6, 6.07) is 8.94. The van der Waals surface area contributed by atoms with Crippen LogP contribution in [0.4, 0.5) is 0 Å². The Labute approximate surface area is 95.5 Å². The molecule has 90 valence electrons. The average molecular weight is 243 g/mol. The highest BCUT2D eigenvalue weighted by atomic mass is 31.2. The first-order valence-corrected chi connectivity index (χ1v) is 7.05. The van der Waals surface area contributed by atoms with Gasteiger partial charge in [-0.25, -0.2) is 0 Å². The van der Waals surface area contributed by atoms with E-state index in [1.54, 1.807) is 24.3 Å². The first-order chi connectivity index (χ1) is 7.21. The summed E-state index contributed by atoms with van der Waals surface area (Å²) in [5.74, 6) is -0.256. The van der Waals surface area contributed by atoms with Gasteiger partial charge in [-0.15, -0.1) is 0 Å². The average Bonchev–Trinajstić information content (AvgIpc) is 2.31. The van der Waals surface area contributed by atoms with Gasteiger partial charge in [0.25, 0.3) is 0 Å². The van der Waals surface area contributed by atoms with Gasteiger partial charge in [-0.3, -0.25) is 4.57 Å². The molecular formula is C11H18NO3P. The van der Waals surface area contributed by atoms with Crippen LogP contribution in [-0.4, -0.2) is 22.7 Å². The van der Waals surface area contributed by atoms with Gasteiger partial charge in [-0.1, -0.05) is 24.6 Å². The van der Waals surface area contributed by atoms with Gasteiger partial charge < -0.3 is 15.7 Å². The molecule has 16 heavy (non-hydrogen) atoms. The Bertz CT molecular complexity index is 363. The van der Waals surface area contributed by atoms with Crippen LogP contribution in [0.3, 0.4) is 0 Å². The zero-order valence-corrected chi connectivity index (χ0v) is 9.99. The van der Waals surface area contributed by atoms with Gasteiger partial charge >= 0.3 is 0 Å². The van der Waals surface area contributed by atoms with Gasteiger partial charge in [0.15, 0.2) is 0 Å². The van der Waals surface area contributed by atoms with Gasteiger partial charge in [-0.2, -0.15) is 0 Å². The Balaban J connectivity index is 0.00000128. The SMILES string of the molecule is O.O=P(O)(c1ccccc1)C1CCCCN1. The van der Waals surface area contributed by atoms with Crippen LogP contribution in [0.2, 0.25) is 0 Å². The van der Waals surface area contributed by atoms with Crippen LogP contribution >= 0.6 is 7.37 Å². The molecule has 0 saturated carbocycles. The Morgan fingerprint density at radius 1 is 1.25 bits per heavy atom. The number of piperidine rings is 1. The van der Waals surface area contributed by atoms with E-state index >= 15 is 0 Å². The van der Waals surface area contributed by atoms with Crippen molar-refractivity contribution in [3.05, 3.63) is 30.3 Å². The van der Waals surface area contributed by atoms with E-state index in [-0.39, 0.29) is 11.3 Å². The first kappa shape index (κ1) is 13.4. The van der Waals surface area contributed by atoms with Crippen molar-refractivity contribution in [1.82, 2.24) is 5.32 Å². The summed E-state index contributed by atoms with van der Waals surface area (Å²) in [4.78, 5) is 10.1. The molecule has 1 fully saturated rings. The molecule has 4 N–H and O–H groups in total. The first-order valence-electron chi connectivity index (χ1n) is 5.33. The highest BCUT2D eigenvalue weighted by molar-refractivity contribution is 7.66. The molecule has 5 heteroatoms. The van der Waals surface area contributed by atoms with Crippen LogP contribution < -0.4 is 10.6 Å². The minimum Gasteiger partial charge on any atom is -0.412 e. The van der Waals surface area contributed by atoms with Crippen LogP contribution in [0.25, 0.3) is 0 Å². The van der Waals surface area contributed by atoms with Crippen LogP contribution in [0.15, 0.2) is 30.3 Å². The highest BCUT2D eigenvalue weighted by Crippen LogP contribution is 2.46. The Morgan fingerprint density at radius 2 is 1.94 bits per heavy atom. The summed E-state index contributed by atoms with van der Waals surface area (Å²) in [6.45, 7) is 0.849. The Morgan fingerprint density at radius 3 is 2.50 bits per heavy atom. The van der Waals surface area contributed by atoms with E-state index in [1.807, 2.05) is 6.07 Å². The van der Waals surface area contributed by atoms with E-state index < -0.39 is 7.37 Å². The maximum Gasteiger partial charge on any atom is 0.245 e. The quantitative estimate of drug-likeness (QED) is 0.756. The number of nitrogens with one attached hydrogen (secondary N) is 1. The summed E-state index contributed by atoms with van der Waals surface area (Å²) < 4.78 is 12.3. The van der Waals surface area contributed by atoms with Crippen molar-refractivity contribution < 1.29 is 14.9 Å². The summed E-state index contributed by atoms with van der Waals surface area (Å²) in [5.41, 5.74) is 0. The number of benzene rings is 1. The molecule has 1 aliphatic rings. The summed E-state index contributed by atoms with van der Waals surface area (Å²) in [5, 5.41) is 3.70. The lowest BCUT2D eigenvalue weighted by atomic mass is 10.2. The van der Waals surface area contributed by atoms with E-state index in [0.717, 1.165) is 25.8 Å². The van der Waals surface area contributed by atoms with Crippen LogP contribution in [0.5, 0.6) is 0 Å². The largest absolute Gasteiger partial charge is 0.412 e. The second-order valence-electron chi connectivity index (χ2n) is 3.92. The molecule has 2 unspecified atom stereocenters. The van der Waals surface area contributed by atoms with Crippen LogP contribution in [0.1, 0.15) is 19.3 Å². The van der Waals surface area contributed by atoms with Crippen molar-refractivity contribution in [2.24, 2.45) is 0 Å². The third-order valence-corrected chi connectivity index (χ3v) is 5.16. The van der Waals surface area contributed by atoms with Crippen molar-refractivity contribution >= 4 is 12.7 Å². The van der Waals surface area contributed by atoms with Crippen molar-refractivity contribution in [2.75, 3.05) is 6.54 Å². The molecule has 4 nitrogen and oxygen atoms in total. The lowest BCUT2D eigenvalue weighted by Gasteiger charge is -2.27.